The Hall–Kier alpha value is -4.35. The monoisotopic (exact) mass is 644 g/mol. The Bertz CT molecular complexity index is 1750. The molecule has 0 bridgehead atoms. The number of anilines is 1. The number of likely N-dealkylation sites (tertiary alicyclic amines) is 1. The third-order valence-corrected chi connectivity index (χ3v) is 10.8. The van der Waals surface area contributed by atoms with Crippen molar-refractivity contribution in [2.75, 3.05) is 37.3 Å². The largest absolute Gasteiger partial charge is 0.466 e. The molecule has 0 saturated carbocycles. The number of hydrogen-bond donors (Lipinski definition) is 1. The molecule has 1 saturated heterocycles. The molecule has 242 valence electrons. The Morgan fingerprint density at radius 3 is 2.78 bits per heavy atom. The maximum Gasteiger partial charge on any atom is 0.310 e. The van der Waals surface area contributed by atoms with Gasteiger partial charge in [-0.05, 0) is 82.4 Å². The van der Waals surface area contributed by atoms with Crippen LogP contribution >= 0.6 is 0 Å². The average Bonchev–Trinajstić information content (AvgIpc) is 3.51. The highest BCUT2D eigenvalue weighted by molar-refractivity contribution is 7.94. The summed E-state index contributed by atoms with van der Waals surface area (Å²) in [6, 6.07) is 10.6. The van der Waals surface area contributed by atoms with Crippen LogP contribution in [-0.4, -0.2) is 69.1 Å². The van der Waals surface area contributed by atoms with Crippen molar-refractivity contribution < 1.29 is 27.7 Å². The zero-order chi connectivity index (χ0) is 32.5. The summed E-state index contributed by atoms with van der Waals surface area (Å²) >= 11 is 0. The topological polar surface area (TPSA) is 131 Å². The van der Waals surface area contributed by atoms with Gasteiger partial charge in [0.15, 0.2) is 5.76 Å². The Morgan fingerprint density at radius 1 is 1.15 bits per heavy atom. The highest BCUT2D eigenvalue weighted by Crippen LogP contribution is 2.25. The van der Waals surface area contributed by atoms with Gasteiger partial charge in [-0.2, -0.15) is 4.36 Å². The van der Waals surface area contributed by atoms with E-state index in [0.717, 1.165) is 30.5 Å². The lowest BCUT2D eigenvalue weighted by atomic mass is 9.98. The van der Waals surface area contributed by atoms with Crippen LogP contribution in [-0.2, 0) is 19.3 Å². The summed E-state index contributed by atoms with van der Waals surface area (Å²) in [4.78, 5) is 45.0. The number of piperidine rings is 1. The molecule has 2 aromatic heterocycles. The van der Waals surface area contributed by atoms with E-state index in [2.05, 4.69) is 19.6 Å². The van der Waals surface area contributed by atoms with Gasteiger partial charge in [-0.25, -0.2) is 4.21 Å². The first-order valence-corrected chi connectivity index (χ1v) is 17.4. The number of hydrogen-bond acceptors (Lipinski definition) is 8. The number of aromatic nitrogens is 1. The van der Waals surface area contributed by atoms with Crippen molar-refractivity contribution in [3.63, 3.8) is 0 Å². The van der Waals surface area contributed by atoms with Crippen molar-refractivity contribution in [3.8, 4) is 11.1 Å². The molecule has 1 aromatic carbocycles. The van der Waals surface area contributed by atoms with Gasteiger partial charge in [-0.15, -0.1) is 0 Å². The number of aryl methyl sites for hydroxylation is 1. The van der Waals surface area contributed by atoms with Gasteiger partial charge in [0.1, 0.15) is 0 Å². The van der Waals surface area contributed by atoms with E-state index in [1.54, 1.807) is 43.5 Å². The summed E-state index contributed by atoms with van der Waals surface area (Å²) in [7, 11) is -2.97. The predicted octanol–water partition coefficient (Wildman–Crippen LogP) is 6.06. The number of nitrogens with zero attached hydrogens (tertiary/aromatic N) is 3. The number of rotatable bonds is 11. The van der Waals surface area contributed by atoms with Gasteiger partial charge in [0.2, 0.25) is 0 Å². The molecule has 10 nitrogen and oxygen atoms in total. The van der Waals surface area contributed by atoms with Crippen molar-refractivity contribution in [2.45, 2.75) is 44.8 Å². The molecule has 2 aliphatic rings. The van der Waals surface area contributed by atoms with Crippen LogP contribution in [0.4, 0.5) is 5.69 Å². The first kappa shape index (κ1) is 33.0. The highest BCUT2D eigenvalue weighted by Gasteiger charge is 2.28. The molecule has 5 rings (SSSR count). The summed E-state index contributed by atoms with van der Waals surface area (Å²) in [6.45, 7) is 6.12. The number of ether oxygens (including phenoxy) is 1. The minimum absolute atomic E-state index is 0.146. The van der Waals surface area contributed by atoms with Crippen LogP contribution in [0.5, 0.6) is 0 Å². The van der Waals surface area contributed by atoms with Gasteiger partial charge >= 0.3 is 5.97 Å². The van der Waals surface area contributed by atoms with Crippen molar-refractivity contribution in [1.82, 2.24) is 9.88 Å². The molecule has 46 heavy (non-hydrogen) atoms. The molecule has 1 fully saturated rings. The third-order valence-electron chi connectivity index (χ3n) is 8.20. The van der Waals surface area contributed by atoms with Crippen molar-refractivity contribution in [1.29, 1.82) is 0 Å². The number of pyridine rings is 1. The Balaban J connectivity index is 1.31. The fourth-order valence-corrected chi connectivity index (χ4v) is 7.99. The SMILES string of the molecule is CCOC(=O)C1CCCN(CCC[S@@](=O)(=NC(=O)c2cncc(-c3cccc(NC(=O)c4occc4C)c3)c2)C2C=CC=CC2)C1. The van der Waals surface area contributed by atoms with E-state index in [9.17, 15) is 18.6 Å². The van der Waals surface area contributed by atoms with Crippen LogP contribution in [0.1, 0.15) is 59.1 Å². The summed E-state index contributed by atoms with van der Waals surface area (Å²) in [5.74, 6) is -0.752. The van der Waals surface area contributed by atoms with Gasteiger partial charge in [0, 0.05) is 41.5 Å². The molecule has 2 unspecified atom stereocenters. The second kappa shape index (κ2) is 15.3. The normalized spacial score (nSPS) is 19.3. The molecule has 3 aromatic rings. The minimum atomic E-state index is -2.97. The summed E-state index contributed by atoms with van der Waals surface area (Å²) in [5, 5.41) is 2.46. The summed E-state index contributed by atoms with van der Waals surface area (Å²) in [6.07, 6.45) is 14.9. The van der Waals surface area contributed by atoms with E-state index in [0.29, 0.717) is 43.8 Å². The minimum Gasteiger partial charge on any atom is -0.466 e. The van der Waals surface area contributed by atoms with Gasteiger partial charge in [0.05, 0.1) is 39.3 Å². The molecule has 0 radical (unpaired) electrons. The highest BCUT2D eigenvalue weighted by atomic mass is 32.2. The van der Waals surface area contributed by atoms with Gasteiger partial charge in [-0.3, -0.25) is 19.4 Å². The average molecular weight is 645 g/mol. The molecule has 0 spiro atoms. The van der Waals surface area contributed by atoms with E-state index in [1.165, 1.54) is 12.5 Å². The lowest BCUT2D eigenvalue weighted by Crippen LogP contribution is -2.40. The van der Waals surface area contributed by atoms with Crippen LogP contribution in [0.2, 0.25) is 0 Å². The first-order valence-electron chi connectivity index (χ1n) is 15.7. The second-order valence-corrected chi connectivity index (χ2v) is 14.1. The zero-order valence-corrected chi connectivity index (χ0v) is 27.0. The summed E-state index contributed by atoms with van der Waals surface area (Å²) < 4.78 is 29.3. The molecular formula is C35H40N4O6S. The molecule has 11 heteroatoms. The molecule has 1 aliphatic heterocycles. The number of benzene rings is 1. The van der Waals surface area contributed by atoms with Gasteiger partial charge in [-0.1, -0.05) is 36.4 Å². The number of esters is 1. The zero-order valence-electron chi connectivity index (χ0n) is 26.2. The predicted molar refractivity (Wildman–Crippen MR) is 178 cm³/mol. The lowest BCUT2D eigenvalue weighted by Gasteiger charge is -2.31. The Kier molecular flexibility index (Phi) is 11.0. The number of furan rings is 1. The standard InChI is InChI=1S/C35H40N4O6S/c1-3-44-35(42)27-11-8-16-39(24-27)17-9-19-46(43,31-13-5-4-6-14-31)38-33(40)29-20-28(22-36-23-29)26-10-7-12-30(21-26)37-34(41)32-25(2)15-18-45-32/h4-7,10,12-13,15,18,20-23,27,31H,3,8-9,11,14,16-17,19,24H2,1-2H3,(H,37,41)/t27?,31?,46-/m0/s1. The van der Waals surface area contributed by atoms with Crippen LogP contribution in [0.15, 0.2) is 88.1 Å². The van der Waals surface area contributed by atoms with Crippen molar-refractivity contribution in [3.05, 3.63) is 96.2 Å². The number of amides is 2. The smallest absolute Gasteiger partial charge is 0.310 e. The molecule has 3 atom stereocenters. The van der Waals surface area contributed by atoms with E-state index in [4.69, 9.17) is 9.15 Å². The fourth-order valence-electron chi connectivity index (χ4n) is 5.78. The van der Waals surface area contributed by atoms with Crippen molar-refractivity contribution >= 4 is 33.2 Å². The van der Waals surface area contributed by atoms with Gasteiger partial charge in [0.25, 0.3) is 11.8 Å². The maximum absolute atomic E-state index is 14.4. The van der Waals surface area contributed by atoms with Crippen LogP contribution in [0.3, 0.4) is 0 Å². The van der Waals surface area contributed by atoms with Gasteiger partial charge < -0.3 is 19.4 Å². The Morgan fingerprint density at radius 2 is 2.02 bits per heavy atom. The number of carbonyl (C=O) groups is 3. The first-order chi connectivity index (χ1) is 22.3. The van der Waals surface area contributed by atoms with Crippen LogP contribution < -0.4 is 5.32 Å². The lowest BCUT2D eigenvalue weighted by molar-refractivity contribution is -0.149. The van der Waals surface area contributed by atoms with Crippen LogP contribution in [0, 0.1) is 12.8 Å². The number of allylic oxidation sites excluding steroid dienone is 3. The molecule has 1 N–H and O–H groups in total. The van der Waals surface area contributed by atoms with Crippen molar-refractivity contribution in [2.24, 2.45) is 10.3 Å². The van der Waals surface area contributed by atoms with E-state index in [1.807, 2.05) is 37.3 Å². The third kappa shape index (κ3) is 8.27. The summed E-state index contributed by atoms with van der Waals surface area (Å²) in [5.41, 5.74) is 2.91. The van der Waals surface area contributed by atoms with E-state index >= 15 is 0 Å². The Labute approximate surface area is 270 Å². The molecular weight excluding hydrogens is 604 g/mol. The maximum atomic E-state index is 14.4. The molecule has 1 aliphatic carbocycles. The number of carbonyl (C=O) groups excluding carboxylic acids is 3. The van der Waals surface area contributed by atoms with E-state index < -0.39 is 15.6 Å². The second-order valence-electron chi connectivity index (χ2n) is 11.6. The fraction of sp³-hybridized carbons (Fsp3) is 0.371. The quantitative estimate of drug-likeness (QED) is 0.249. The van der Waals surface area contributed by atoms with E-state index in [-0.39, 0.29) is 40.1 Å². The van der Waals surface area contributed by atoms with Crippen LogP contribution in [0.25, 0.3) is 11.1 Å². The number of nitrogens with one attached hydrogen (secondary N) is 1. The molecule has 2 amide bonds. The molecule has 3 heterocycles.